The Bertz CT molecular complexity index is 466. The van der Waals surface area contributed by atoms with Gasteiger partial charge in [0.2, 0.25) is 0 Å². The minimum Gasteiger partial charge on any atom is -0.383 e. The quantitative estimate of drug-likeness (QED) is 0.746. The number of sulfone groups is 1. The first-order valence-electron chi connectivity index (χ1n) is 6.64. The van der Waals surface area contributed by atoms with Crippen LogP contribution in [0.4, 0.5) is 5.69 Å². The van der Waals surface area contributed by atoms with Crippen molar-refractivity contribution in [1.82, 2.24) is 0 Å². The van der Waals surface area contributed by atoms with E-state index in [9.17, 15) is 8.42 Å². The molecule has 0 aliphatic heterocycles. The number of ether oxygens (including phenoxy) is 1. The molecule has 108 valence electrons. The fourth-order valence-corrected chi connectivity index (χ4v) is 2.98. The molecule has 19 heavy (non-hydrogen) atoms. The van der Waals surface area contributed by atoms with Gasteiger partial charge in [0, 0.05) is 12.2 Å². The van der Waals surface area contributed by atoms with Gasteiger partial charge < -0.3 is 10.1 Å². The van der Waals surface area contributed by atoms with Gasteiger partial charge in [-0.1, -0.05) is 6.92 Å². The molecule has 0 saturated carbocycles. The van der Waals surface area contributed by atoms with Crippen LogP contribution in [0.1, 0.15) is 27.2 Å². The second kappa shape index (κ2) is 7.50. The molecule has 0 aliphatic rings. The third-order valence-corrected chi connectivity index (χ3v) is 4.50. The van der Waals surface area contributed by atoms with Gasteiger partial charge in [0.25, 0.3) is 0 Å². The number of nitrogens with one attached hydrogen (secondary N) is 1. The van der Waals surface area contributed by atoms with E-state index < -0.39 is 9.84 Å². The molecule has 4 nitrogen and oxygen atoms in total. The number of hydrogen-bond donors (Lipinski definition) is 1. The zero-order chi connectivity index (χ0) is 14.3. The minimum atomic E-state index is -3.12. The molecule has 1 aromatic carbocycles. The third kappa shape index (κ3) is 5.61. The average molecular weight is 285 g/mol. The van der Waals surface area contributed by atoms with E-state index in [2.05, 4.69) is 5.32 Å². The maximum atomic E-state index is 11.8. The lowest BCUT2D eigenvalue weighted by atomic mass is 10.3. The van der Waals surface area contributed by atoms with Gasteiger partial charge in [0.1, 0.15) is 0 Å². The normalized spacial score (nSPS) is 11.8. The van der Waals surface area contributed by atoms with Crippen LogP contribution in [0.3, 0.4) is 0 Å². The molecule has 0 bridgehead atoms. The van der Waals surface area contributed by atoms with E-state index in [0.29, 0.717) is 24.5 Å². The largest absolute Gasteiger partial charge is 0.383 e. The summed E-state index contributed by atoms with van der Waals surface area (Å²) in [6, 6.07) is 6.88. The number of anilines is 1. The summed E-state index contributed by atoms with van der Waals surface area (Å²) in [5.74, 6) is 0.196. The highest BCUT2D eigenvalue weighted by atomic mass is 32.2. The van der Waals surface area contributed by atoms with E-state index in [1.165, 1.54) is 0 Å². The highest BCUT2D eigenvalue weighted by molar-refractivity contribution is 7.91. The fraction of sp³-hybridized carbons (Fsp3) is 0.571. The van der Waals surface area contributed by atoms with Gasteiger partial charge in [-0.3, -0.25) is 0 Å². The molecule has 5 heteroatoms. The first-order valence-corrected chi connectivity index (χ1v) is 8.29. The molecular weight excluding hydrogens is 262 g/mol. The summed E-state index contributed by atoms with van der Waals surface area (Å²) in [5.41, 5.74) is 0.905. The van der Waals surface area contributed by atoms with Crippen molar-refractivity contribution in [3.63, 3.8) is 0 Å². The number of rotatable bonds is 8. The topological polar surface area (TPSA) is 55.4 Å². The van der Waals surface area contributed by atoms with Gasteiger partial charge in [0.05, 0.1) is 23.4 Å². The van der Waals surface area contributed by atoms with E-state index in [-0.39, 0.29) is 11.9 Å². The maximum absolute atomic E-state index is 11.8. The molecule has 0 spiro atoms. The molecule has 1 N–H and O–H groups in total. The Morgan fingerprint density at radius 1 is 1.21 bits per heavy atom. The van der Waals surface area contributed by atoms with E-state index >= 15 is 0 Å². The molecule has 0 atom stereocenters. The van der Waals surface area contributed by atoms with Gasteiger partial charge in [-0.2, -0.15) is 0 Å². The average Bonchev–Trinajstić information content (AvgIpc) is 2.35. The van der Waals surface area contributed by atoms with Crippen LogP contribution in [0.5, 0.6) is 0 Å². The summed E-state index contributed by atoms with van der Waals surface area (Å²) in [5, 5.41) is 3.19. The lowest BCUT2D eigenvalue weighted by molar-refractivity contribution is 0.0870. The first kappa shape index (κ1) is 16.0. The number of hydrogen-bond acceptors (Lipinski definition) is 4. The van der Waals surface area contributed by atoms with Crippen LogP contribution in [-0.4, -0.2) is 33.4 Å². The summed E-state index contributed by atoms with van der Waals surface area (Å²) >= 11 is 0. The van der Waals surface area contributed by atoms with Crippen molar-refractivity contribution in [3.05, 3.63) is 24.3 Å². The van der Waals surface area contributed by atoms with Crippen molar-refractivity contribution < 1.29 is 13.2 Å². The van der Waals surface area contributed by atoms with Crippen LogP contribution in [0, 0.1) is 0 Å². The smallest absolute Gasteiger partial charge is 0.178 e. The van der Waals surface area contributed by atoms with Gasteiger partial charge in [0.15, 0.2) is 9.84 Å². The van der Waals surface area contributed by atoms with Crippen LogP contribution in [0.2, 0.25) is 0 Å². The zero-order valence-corrected chi connectivity index (χ0v) is 12.7. The molecule has 0 radical (unpaired) electrons. The Hall–Kier alpha value is -1.07. The molecule has 0 fully saturated rings. The lowest BCUT2D eigenvalue weighted by Crippen LogP contribution is -2.13. The molecular formula is C14H23NO3S. The molecule has 0 amide bonds. The Kier molecular flexibility index (Phi) is 6.31. The van der Waals surface area contributed by atoms with Crippen LogP contribution < -0.4 is 5.32 Å². The lowest BCUT2D eigenvalue weighted by Gasteiger charge is -2.10. The summed E-state index contributed by atoms with van der Waals surface area (Å²) < 4.78 is 29.1. The molecule has 0 aliphatic carbocycles. The van der Waals surface area contributed by atoms with Gasteiger partial charge in [-0.25, -0.2) is 8.42 Å². The van der Waals surface area contributed by atoms with Crippen molar-refractivity contribution in [1.29, 1.82) is 0 Å². The number of benzene rings is 1. The predicted octanol–water partition coefficient (Wildman–Crippen LogP) is 2.71. The Labute approximate surface area is 116 Å². The van der Waals surface area contributed by atoms with E-state index in [1.807, 2.05) is 20.8 Å². The van der Waals surface area contributed by atoms with Crippen molar-refractivity contribution in [3.8, 4) is 0 Å². The second-order valence-electron chi connectivity index (χ2n) is 4.69. The van der Waals surface area contributed by atoms with E-state index in [0.717, 1.165) is 5.69 Å². The third-order valence-electron chi connectivity index (χ3n) is 2.57. The second-order valence-corrected chi connectivity index (χ2v) is 6.80. The van der Waals surface area contributed by atoms with Crippen molar-refractivity contribution in [2.45, 2.75) is 38.2 Å². The van der Waals surface area contributed by atoms with Crippen molar-refractivity contribution in [2.75, 3.05) is 24.2 Å². The van der Waals surface area contributed by atoms with E-state index in [1.54, 1.807) is 24.3 Å². The predicted molar refractivity (Wildman–Crippen MR) is 78.4 cm³/mol. The molecule has 0 aromatic heterocycles. The van der Waals surface area contributed by atoms with Crippen LogP contribution in [0.25, 0.3) is 0 Å². The monoisotopic (exact) mass is 285 g/mol. The van der Waals surface area contributed by atoms with Crippen molar-refractivity contribution in [2.24, 2.45) is 0 Å². The summed E-state index contributed by atoms with van der Waals surface area (Å²) in [6.07, 6.45) is 0.859. The van der Waals surface area contributed by atoms with Gasteiger partial charge in [-0.05, 0) is 44.5 Å². The highest BCUT2D eigenvalue weighted by Crippen LogP contribution is 2.15. The highest BCUT2D eigenvalue weighted by Gasteiger charge is 2.12. The van der Waals surface area contributed by atoms with Crippen LogP contribution in [0.15, 0.2) is 29.2 Å². The summed E-state index contributed by atoms with van der Waals surface area (Å²) in [7, 11) is -3.12. The van der Waals surface area contributed by atoms with Crippen LogP contribution >= 0.6 is 0 Å². The first-order chi connectivity index (χ1) is 8.95. The minimum absolute atomic E-state index is 0.196. The van der Waals surface area contributed by atoms with Gasteiger partial charge >= 0.3 is 0 Å². The summed E-state index contributed by atoms with van der Waals surface area (Å²) in [6.45, 7) is 7.19. The standard InChI is InChI=1S/C14H23NO3S/c1-4-11-19(16,17)14-7-5-13(6-8-14)15-9-10-18-12(2)3/h5-8,12,15H,4,9-11H2,1-3H3. The Morgan fingerprint density at radius 2 is 1.84 bits per heavy atom. The van der Waals surface area contributed by atoms with Gasteiger partial charge in [-0.15, -0.1) is 0 Å². The Balaban J connectivity index is 2.52. The molecule has 0 saturated heterocycles. The molecule has 0 unspecified atom stereocenters. The molecule has 0 heterocycles. The molecule has 1 aromatic rings. The zero-order valence-electron chi connectivity index (χ0n) is 11.8. The fourth-order valence-electron chi connectivity index (χ4n) is 1.66. The van der Waals surface area contributed by atoms with E-state index in [4.69, 9.17) is 4.74 Å². The Morgan fingerprint density at radius 3 is 2.37 bits per heavy atom. The summed E-state index contributed by atoms with van der Waals surface area (Å²) in [4.78, 5) is 0.387. The SMILES string of the molecule is CCCS(=O)(=O)c1ccc(NCCOC(C)C)cc1. The maximum Gasteiger partial charge on any atom is 0.178 e. The molecule has 1 rings (SSSR count). The van der Waals surface area contributed by atoms with Crippen molar-refractivity contribution >= 4 is 15.5 Å². The van der Waals surface area contributed by atoms with Crippen LogP contribution in [-0.2, 0) is 14.6 Å².